The van der Waals surface area contributed by atoms with Crippen LogP contribution in [0.4, 0.5) is 0 Å². The molecule has 1 saturated heterocycles. The fourth-order valence-corrected chi connectivity index (χ4v) is 4.75. The van der Waals surface area contributed by atoms with Crippen molar-refractivity contribution in [3.8, 4) is 22.6 Å². The van der Waals surface area contributed by atoms with E-state index >= 15 is 0 Å². The van der Waals surface area contributed by atoms with Crippen molar-refractivity contribution < 1.29 is 14.3 Å². The molecule has 1 aromatic heterocycles. The molecular formula is C26H23ClN2O3. The summed E-state index contributed by atoms with van der Waals surface area (Å²) >= 11 is 6.54. The lowest BCUT2D eigenvalue weighted by Gasteiger charge is -2.21. The molecule has 1 aliphatic heterocycles. The predicted octanol–water partition coefficient (Wildman–Crippen LogP) is 6.17. The molecule has 5 rings (SSSR count). The number of halogens is 1. The van der Waals surface area contributed by atoms with Crippen LogP contribution in [0.3, 0.4) is 0 Å². The van der Waals surface area contributed by atoms with E-state index in [9.17, 15) is 9.90 Å². The van der Waals surface area contributed by atoms with Crippen LogP contribution in [0.25, 0.3) is 33.7 Å². The van der Waals surface area contributed by atoms with Crippen molar-refractivity contribution in [3.63, 3.8) is 0 Å². The Bertz CT molecular complexity index is 1300. The molecule has 0 amide bonds. The zero-order chi connectivity index (χ0) is 22.2. The Balaban J connectivity index is 1.50. The summed E-state index contributed by atoms with van der Waals surface area (Å²) in [6, 6.07) is 19.6. The lowest BCUT2D eigenvalue weighted by atomic mass is 9.96. The van der Waals surface area contributed by atoms with Crippen molar-refractivity contribution in [2.24, 2.45) is 0 Å². The number of hydrogen-bond acceptors (Lipinski definition) is 4. The van der Waals surface area contributed by atoms with Gasteiger partial charge in [0, 0.05) is 23.2 Å². The molecule has 1 fully saturated rings. The second-order valence-electron chi connectivity index (χ2n) is 8.24. The first-order valence-electron chi connectivity index (χ1n) is 10.7. The minimum absolute atomic E-state index is 0.460. The number of carboxylic acid groups (broad SMARTS) is 1. The zero-order valence-electron chi connectivity index (χ0n) is 17.7. The summed E-state index contributed by atoms with van der Waals surface area (Å²) in [5.74, 6) is -0.231. The number of benzene rings is 3. The highest BCUT2D eigenvalue weighted by Crippen LogP contribution is 2.35. The molecule has 0 aliphatic carbocycles. The number of rotatable bonds is 5. The van der Waals surface area contributed by atoms with Gasteiger partial charge in [-0.1, -0.05) is 54.1 Å². The van der Waals surface area contributed by atoms with E-state index in [0.29, 0.717) is 29.5 Å². The lowest BCUT2D eigenvalue weighted by molar-refractivity contribution is -0.142. The normalized spacial score (nSPS) is 16.6. The molecule has 0 saturated carbocycles. The third-order valence-electron chi connectivity index (χ3n) is 6.23. The van der Waals surface area contributed by atoms with Crippen molar-refractivity contribution in [1.82, 2.24) is 9.88 Å². The van der Waals surface area contributed by atoms with Gasteiger partial charge < -0.3 is 9.52 Å². The predicted molar refractivity (Wildman–Crippen MR) is 126 cm³/mol. The van der Waals surface area contributed by atoms with Crippen LogP contribution in [-0.4, -0.2) is 33.5 Å². The van der Waals surface area contributed by atoms with Gasteiger partial charge in [0.1, 0.15) is 11.6 Å². The van der Waals surface area contributed by atoms with Gasteiger partial charge in [0.2, 0.25) is 5.89 Å². The average molecular weight is 447 g/mol. The molecule has 5 nitrogen and oxygen atoms in total. The van der Waals surface area contributed by atoms with Gasteiger partial charge in [-0.05, 0) is 60.7 Å². The molecule has 6 heteroatoms. The Morgan fingerprint density at radius 2 is 1.94 bits per heavy atom. The summed E-state index contributed by atoms with van der Waals surface area (Å²) < 4.78 is 6.09. The van der Waals surface area contributed by atoms with Gasteiger partial charge in [0.15, 0.2) is 5.58 Å². The number of oxazole rings is 1. The maximum Gasteiger partial charge on any atom is 0.320 e. The number of carboxylic acids is 1. The second kappa shape index (κ2) is 8.41. The fourth-order valence-electron chi connectivity index (χ4n) is 4.54. The van der Waals surface area contributed by atoms with Gasteiger partial charge in [-0.3, -0.25) is 9.69 Å². The molecule has 1 atom stereocenters. The first-order chi connectivity index (χ1) is 15.5. The molecule has 0 radical (unpaired) electrons. The van der Waals surface area contributed by atoms with E-state index in [2.05, 4.69) is 25.1 Å². The molecular weight excluding hydrogens is 424 g/mol. The van der Waals surface area contributed by atoms with E-state index in [1.165, 1.54) is 0 Å². The quantitative estimate of drug-likeness (QED) is 0.397. The largest absolute Gasteiger partial charge is 0.480 e. The number of carbonyl (C=O) groups is 1. The van der Waals surface area contributed by atoms with Gasteiger partial charge in [-0.25, -0.2) is 4.98 Å². The van der Waals surface area contributed by atoms with Gasteiger partial charge in [-0.2, -0.15) is 0 Å². The Hall–Kier alpha value is -3.15. The molecule has 0 unspecified atom stereocenters. The first kappa shape index (κ1) is 20.7. The second-order valence-corrected chi connectivity index (χ2v) is 8.65. The van der Waals surface area contributed by atoms with E-state index < -0.39 is 12.0 Å². The van der Waals surface area contributed by atoms with Crippen LogP contribution in [0.15, 0.2) is 65.1 Å². The van der Waals surface area contributed by atoms with Gasteiger partial charge >= 0.3 is 5.97 Å². The number of aliphatic carboxylic acids is 1. The highest BCUT2D eigenvalue weighted by Gasteiger charge is 2.30. The Labute approximate surface area is 191 Å². The smallest absolute Gasteiger partial charge is 0.320 e. The van der Waals surface area contributed by atoms with Crippen LogP contribution in [0.1, 0.15) is 24.0 Å². The van der Waals surface area contributed by atoms with Gasteiger partial charge in [0.25, 0.3) is 0 Å². The summed E-state index contributed by atoms with van der Waals surface area (Å²) in [6.45, 7) is 3.31. The summed E-state index contributed by atoms with van der Waals surface area (Å²) in [6.07, 6.45) is 1.54. The standard InChI is InChI=1S/C26H23ClN2O3/c1-16-19(17-7-3-2-4-8-17)9-5-10-20(16)25-28-22-13-18(21(27)14-24(22)32-25)15-29-12-6-11-23(29)26(30)31/h2-5,7-10,13-14,23H,6,11-12,15H2,1H3,(H,30,31)/t23-/m0/s1. The summed E-state index contributed by atoms with van der Waals surface area (Å²) in [5.41, 5.74) is 6.51. The van der Waals surface area contributed by atoms with E-state index in [1.54, 1.807) is 6.07 Å². The third-order valence-corrected chi connectivity index (χ3v) is 6.58. The first-order valence-corrected chi connectivity index (χ1v) is 11.1. The molecule has 162 valence electrons. The zero-order valence-corrected chi connectivity index (χ0v) is 18.5. The number of nitrogens with zero attached hydrogens (tertiary/aromatic N) is 2. The van der Waals surface area contributed by atoms with Crippen LogP contribution in [0.2, 0.25) is 5.02 Å². The van der Waals surface area contributed by atoms with Crippen LogP contribution in [0.5, 0.6) is 0 Å². The van der Waals surface area contributed by atoms with E-state index in [-0.39, 0.29) is 0 Å². The fraction of sp³-hybridized carbons (Fsp3) is 0.231. The monoisotopic (exact) mass is 446 g/mol. The molecule has 4 aromatic rings. The van der Waals surface area contributed by atoms with Crippen molar-refractivity contribution in [2.45, 2.75) is 32.4 Å². The number of hydrogen-bond donors (Lipinski definition) is 1. The highest BCUT2D eigenvalue weighted by molar-refractivity contribution is 6.32. The van der Waals surface area contributed by atoms with Crippen molar-refractivity contribution >= 4 is 28.7 Å². The van der Waals surface area contributed by atoms with E-state index in [1.807, 2.05) is 41.3 Å². The van der Waals surface area contributed by atoms with Crippen molar-refractivity contribution in [3.05, 3.63) is 76.8 Å². The maximum atomic E-state index is 11.5. The van der Waals surface area contributed by atoms with Crippen LogP contribution >= 0.6 is 11.6 Å². The Kier molecular flexibility index (Phi) is 5.45. The Morgan fingerprint density at radius 1 is 1.16 bits per heavy atom. The van der Waals surface area contributed by atoms with Crippen LogP contribution in [0, 0.1) is 6.92 Å². The Morgan fingerprint density at radius 3 is 2.72 bits per heavy atom. The van der Waals surface area contributed by atoms with E-state index in [0.717, 1.165) is 46.3 Å². The number of aromatic nitrogens is 1. The molecule has 0 bridgehead atoms. The SMILES string of the molecule is Cc1c(-c2ccccc2)cccc1-c1nc2cc(CN3CCC[C@H]3C(=O)O)c(Cl)cc2o1. The van der Waals surface area contributed by atoms with Crippen LogP contribution < -0.4 is 0 Å². The summed E-state index contributed by atoms with van der Waals surface area (Å²) in [7, 11) is 0. The third kappa shape index (κ3) is 3.78. The summed E-state index contributed by atoms with van der Waals surface area (Å²) in [4.78, 5) is 18.2. The number of fused-ring (bicyclic) bond motifs is 1. The summed E-state index contributed by atoms with van der Waals surface area (Å²) in [5, 5.41) is 10.0. The molecule has 3 aromatic carbocycles. The topological polar surface area (TPSA) is 66.6 Å². The molecule has 1 N–H and O–H groups in total. The molecule has 32 heavy (non-hydrogen) atoms. The molecule has 0 spiro atoms. The minimum atomic E-state index is -0.780. The van der Waals surface area contributed by atoms with Crippen molar-refractivity contribution in [1.29, 1.82) is 0 Å². The lowest BCUT2D eigenvalue weighted by Crippen LogP contribution is -2.35. The minimum Gasteiger partial charge on any atom is -0.480 e. The molecule has 2 heterocycles. The van der Waals surface area contributed by atoms with Crippen LogP contribution in [-0.2, 0) is 11.3 Å². The maximum absolute atomic E-state index is 11.5. The number of likely N-dealkylation sites (tertiary alicyclic amines) is 1. The van der Waals surface area contributed by atoms with E-state index in [4.69, 9.17) is 21.0 Å². The van der Waals surface area contributed by atoms with Crippen molar-refractivity contribution in [2.75, 3.05) is 6.54 Å². The average Bonchev–Trinajstić information content (AvgIpc) is 3.41. The van der Waals surface area contributed by atoms with Gasteiger partial charge in [0.05, 0.1) is 0 Å². The van der Waals surface area contributed by atoms with Gasteiger partial charge in [-0.15, -0.1) is 0 Å². The highest BCUT2D eigenvalue weighted by atomic mass is 35.5. The molecule has 1 aliphatic rings.